The van der Waals surface area contributed by atoms with Gasteiger partial charge in [0.25, 0.3) is 0 Å². The van der Waals surface area contributed by atoms with Gasteiger partial charge in [0.1, 0.15) is 0 Å². The topological polar surface area (TPSA) is 50.2 Å². The Morgan fingerprint density at radius 3 is 2.94 bits per heavy atom. The molecule has 1 aromatic heterocycles. The summed E-state index contributed by atoms with van der Waals surface area (Å²) in [5, 5.41) is 9.70. The molecule has 2 rings (SSSR count). The van der Waals surface area contributed by atoms with Gasteiger partial charge in [-0.2, -0.15) is 0 Å². The number of thioether (sulfide) groups is 1. The first-order chi connectivity index (χ1) is 7.70. The predicted molar refractivity (Wildman–Crippen MR) is 65.1 cm³/mol. The molecule has 0 atom stereocenters. The van der Waals surface area contributed by atoms with Crippen LogP contribution in [-0.2, 0) is 0 Å². The molecule has 0 aliphatic heterocycles. The van der Waals surface area contributed by atoms with Crippen molar-refractivity contribution in [2.24, 2.45) is 0 Å². The number of aromatic nitrogens is 1. The van der Waals surface area contributed by atoms with Gasteiger partial charge >= 0.3 is 5.97 Å². The summed E-state index contributed by atoms with van der Waals surface area (Å²) in [5.74, 6) is 0.0695. The van der Waals surface area contributed by atoms with E-state index in [4.69, 9.17) is 5.11 Å². The van der Waals surface area contributed by atoms with Crippen LogP contribution in [0.2, 0.25) is 0 Å². The second kappa shape index (κ2) is 4.53. The zero-order chi connectivity index (χ0) is 11.5. The number of aromatic carboxylic acids is 1. The van der Waals surface area contributed by atoms with Crippen LogP contribution in [0.15, 0.2) is 35.4 Å². The van der Waals surface area contributed by atoms with Crippen LogP contribution >= 0.6 is 11.8 Å². The molecule has 3 nitrogen and oxygen atoms in total. The maximum atomic E-state index is 10.8. The van der Waals surface area contributed by atoms with Gasteiger partial charge in [0.05, 0.1) is 11.1 Å². The van der Waals surface area contributed by atoms with Crippen LogP contribution in [0.4, 0.5) is 0 Å². The lowest BCUT2D eigenvalue weighted by atomic mass is 10.1. The summed E-state index contributed by atoms with van der Waals surface area (Å²) in [6.07, 6.45) is 1.39. The van der Waals surface area contributed by atoms with Crippen molar-refractivity contribution in [2.45, 2.75) is 11.8 Å². The third kappa shape index (κ3) is 2.17. The Labute approximate surface area is 97.5 Å². The van der Waals surface area contributed by atoms with E-state index in [2.05, 4.69) is 11.9 Å². The SMILES string of the molecule is CCSc1ccc2cc(C(=O)O)cnc2c1. The number of pyridine rings is 1. The molecule has 0 aliphatic rings. The van der Waals surface area contributed by atoms with E-state index in [1.54, 1.807) is 17.8 Å². The number of fused-ring (bicyclic) bond motifs is 1. The fourth-order valence-corrected chi connectivity index (χ4v) is 2.17. The minimum Gasteiger partial charge on any atom is -0.478 e. The van der Waals surface area contributed by atoms with E-state index in [0.717, 1.165) is 21.6 Å². The summed E-state index contributed by atoms with van der Waals surface area (Å²) in [6.45, 7) is 2.09. The Morgan fingerprint density at radius 2 is 2.25 bits per heavy atom. The number of carboxylic acids is 1. The van der Waals surface area contributed by atoms with Crippen molar-refractivity contribution in [2.75, 3.05) is 5.75 Å². The standard InChI is InChI=1S/C12H11NO2S/c1-2-16-10-4-3-8-5-9(12(14)15)7-13-11(8)6-10/h3-7H,2H2,1H3,(H,14,15). The van der Waals surface area contributed by atoms with Gasteiger partial charge in [0, 0.05) is 16.5 Å². The lowest BCUT2D eigenvalue weighted by Gasteiger charge is -2.02. The fraction of sp³-hybridized carbons (Fsp3) is 0.167. The molecule has 1 heterocycles. The smallest absolute Gasteiger partial charge is 0.337 e. The van der Waals surface area contributed by atoms with Crippen molar-refractivity contribution in [3.8, 4) is 0 Å². The number of hydrogen-bond acceptors (Lipinski definition) is 3. The number of benzene rings is 1. The van der Waals surface area contributed by atoms with Gasteiger partial charge in [-0.15, -0.1) is 11.8 Å². The number of nitrogens with zero attached hydrogens (tertiary/aromatic N) is 1. The van der Waals surface area contributed by atoms with E-state index in [9.17, 15) is 4.79 Å². The highest BCUT2D eigenvalue weighted by Gasteiger charge is 2.05. The summed E-state index contributed by atoms with van der Waals surface area (Å²) in [6, 6.07) is 7.52. The van der Waals surface area contributed by atoms with Gasteiger partial charge < -0.3 is 5.11 Å². The molecule has 0 aliphatic carbocycles. The maximum Gasteiger partial charge on any atom is 0.337 e. The highest BCUT2D eigenvalue weighted by molar-refractivity contribution is 7.99. The molecule has 16 heavy (non-hydrogen) atoms. The normalized spacial score (nSPS) is 10.6. The van der Waals surface area contributed by atoms with E-state index in [1.165, 1.54) is 6.20 Å². The predicted octanol–water partition coefficient (Wildman–Crippen LogP) is 3.05. The first-order valence-corrected chi connectivity index (χ1v) is 5.95. The van der Waals surface area contributed by atoms with Crippen molar-refractivity contribution in [3.63, 3.8) is 0 Å². The van der Waals surface area contributed by atoms with Crippen LogP contribution in [0.25, 0.3) is 10.9 Å². The van der Waals surface area contributed by atoms with Crippen LogP contribution in [0.5, 0.6) is 0 Å². The average Bonchev–Trinajstić information content (AvgIpc) is 2.28. The molecule has 0 saturated carbocycles. The van der Waals surface area contributed by atoms with E-state index < -0.39 is 5.97 Å². The molecule has 0 unspecified atom stereocenters. The van der Waals surface area contributed by atoms with E-state index in [0.29, 0.717) is 0 Å². The highest BCUT2D eigenvalue weighted by atomic mass is 32.2. The van der Waals surface area contributed by atoms with Crippen LogP contribution in [0.1, 0.15) is 17.3 Å². The van der Waals surface area contributed by atoms with Crippen LogP contribution < -0.4 is 0 Å². The van der Waals surface area contributed by atoms with Crippen LogP contribution in [-0.4, -0.2) is 21.8 Å². The Balaban J connectivity index is 2.48. The zero-order valence-corrected chi connectivity index (χ0v) is 9.62. The molecule has 0 spiro atoms. The van der Waals surface area contributed by atoms with Crippen molar-refractivity contribution in [3.05, 3.63) is 36.0 Å². The largest absolute Gasteiger partial charge is 0.478 e. The second-order valence-corrected chi connectivity index (χ2v) is 4.65. The average molecular weight is 233 g/mol. The number of hydrogen-bond donors (Lipinski definition) is 1. The lowest BCUT2D eigenvalue weighted by Crippen LogP contribution is -1.96. The van der Waals surface area contributed by atoms with Gasteiger partial charge in [-0.25, -0.2) is 4.79 Å². The first kappa shape index (κ1) is 11.0. The summed E-state index contributed by atoms with van der Waals surface area (Å²) < 4.78 is 0. The highest BCUT2D eigenvalue weighted by Crippen LogP contribution is 2.22. The fourth-order valence-electron chi connectivity index (χ4n) is 1.47. The Kier molecular flexibility index (Phi) is 3.10. The van der Waals surface area contributed by atoms with Gasteiger partial charge in [-0.05, 0) is 24.0 Å². The number of rotatable bonds is 3. The van der Waals surface area contributed by atoms with Crippen molar-refractivity contribution < 1.29 is 9.90 Å². The van der Waals surface area contributed by atoms with Crippen molar-refractivity contribution in [1.29, 1.82) is 0 Å². The minimum atomic E-state index is -0.943. The summed E-state index contributed by atoms with van der Waals surface area (Å²) in [5.41, 5.74) is 1.06. The van der Waals surface area contributed by atoms with E-state index in [-0.39, 0.29) is 5.56 Å². The molecule has 0 amide bonds. The molecule has 82 valence electrons. The molecular formula is C12H11NO2S. The molecule has 1 aromatic carbocycles. The Morgan fingerprint density at radius 1 is 1.44 bits per heavy atom. The minimum absolute atomic E-state index is 0.225. The Hall–Kier alpha value is -1.55. The quantitative estimate of drug-likeness (QED) is 0.828. The molecule has 0 fully saturated rings. The number of carboxylic acid groups (broad SMARTS) is 1. The molecule has 1 N–H and O–H groups in total. The van der Waals surface area contributed by atoms with E-state index in [1.807, 2.05) is 18.2 Å². The Bertz CT molecular complexity index is 540. The summed E-state index contributed by atoms with van der Waals surface area (Å²) >= 11 is 1.74. The second-order valence-electron chi connectivity index (χ2n) is 3.32. The molecule has 0 saturated heterocycles. The summed E-state index contributed by atoms with van der Waals surface area (Å²) in [7, 11) is 0. The van der Waals surface area contributed by atoms with E-state index >= 15 is 0 Å². The maximum absolute atomic E-state index is 10.8. The lowest BCUT2D eigenvalue weighted by molar-refractivity contribution is 0.0696. The van der Waals surface area contributed by atoms with Crippen molar-refractivity contribution in [1.82, 2.24) is 4.98 Å². The van der Waals surface area contributed by atoms with Crippen LogP contribution in [0.3, 0.4) is 0 Å². The zero-order valence-electron chi connectivity index (χ0n) is 8.80. The number of carbonyl (C=O) groups is 1. The third-order valence-corrected chi connectivity index (χ3v) is 3.09. The molecule has 2 aromatic rings. The molecular weight excluding hydrogens is 222 g/mol. The summed E-state index contributed by atoms with van der Waals surface area (Å²) in [4.78, 5) is 16.1. The van der Waals surface area contributed by atoms with Gasteiger partial charge in [0.15, 0.2) is 0 Å². The van der Waals surface area contributed by atoms with Gasteiger partial charge in [-0.3, -0.25) is 4.98 Å². The van der Waals surface area contributed by atoms with Crippen LogP contribution in [0, 0.1) is 0 Å². The van der Waals surface area contributed by atoms with Crippen molar-refractivity contribution >= 4 is 28.6 Å². The van der Waals surface area contributed by atoms with Gasteiger partial charge in [0.2, 0.25) is 0 Å². The molecule has 4 heteroatoms. The molecule has 0 radical (unpaired) electrons. The third-order valence-electron chi connectivity index (χ3n) is 2.21. The van der Waals surface area contributed by atoms with Gasteiger partial charge in [-0.1, -0.05) is 13.0 Å². The molecule has 0 bridgehead atoms. The monoisotopic (exact) mass is 233 g/mol. The first-order valence-electron chi connectivity index (χ1n) is 4.96.